The van der Waals surface area contributed by atoms with E-state index in [1.54, 1.807) is 48.4 Å². The van der Waals surface area contributed by atoms with Gasteiger partial charge in [0.15, 0.2) is 5.82 Å². The molecule has 9 heteroatoms. The third-order valence-electron chi connectivity index (χ3n) is 4.95. The second-order valence-electron chi connectivity index (χ2n) is 7.94. The first-order valence-corrected chi connectivity index (χ1v) is 11.0. The second-order valence-corrected chi connectivity index (χ2v) is 7.94. The van der Waals surface area contributed by atoms with Gasteiger partial charge in [-0.3, -0.25) is 14.6 Å². The molecule has 0 spiro atoms. The van der Waals surface area contributed by atoms with Gasteiger partial charge in [-0.05, 0) is 37.1 Å². The minimum atomic E-state index is -1.11. The Morgan fingerprint density at radius 2 is 1.94 bits per heavy atom. The molecule has 0 amide bonds. The first kappa shape index (κ1) is 24.9. The average molecular weight is 467 g/mol. The van der Waals surface area contributed by atoms with Crippen LogP contribution in [-0.2, 0) is 14.3 Å². The molecular weight excluding hydrogens is 439 g/mol. The van der Waals surface area contributed by atoms with Gasteiger partial charge in [0.25, 0.3) is 0 Å². The maximum Gasteiger partial charge on any atom is 0.313 e. The lowest BCUT2D eigenvalue weighted by Crippen LogP contribution is -2.16. The van der Waals surface area contributed by atoms with Crippen LogP contribution in [0, 0.1) is 5.82 Å². The number of hydrogen-bond acceptors (Lipinski definition) is 7. The topological polar surface area (TPSA) is 107 Å². The normalized spacial score (nSPS) is 12.3. The van der Waals surface area contributed by atoms with Crippen molar-refractivity contribution in [2.45, 2.75) is 45.6 Å². The van der Waals surface area contributed by atoms with Crippen LogP contribution >= 0.6 is 0 Å². The van der Waals surface area contributed by atoms with E-state index in [-0.39, 0.29) is 31.2 Å². The summed E-state index contributed by atoms with van der Waals surface area (Å²) in [5.41, 5.74) is 2.76. The smallest absolute Gasteiger partial charge is 0.313 e. The lowest BCUT2D eigenvalue weighted by atomic mass is 9.99. The summed E-state index contributed by atoms with van der Waals surface area (Å²) in [7, 11) is 0. The van der Waals surface area contributed by atoms with Crippen molar-refractivity contribution in [1.29, 1.82) is 0 Å². The SMILES string of the molecule is CCOC(=O)CC(=O)CC(O)/C=C/c1c(C(C)C)nn(-c2cnccn2)c1-c1ccc(F)cc1. The molecule has 34 heavy (non-hydrogen) atoms. The number of ether oxygens (including phenoxy) is 1. The Labute approximate surface area is 197 Å². The van der Waals surface area contributed by atoms with Crippen LogP contribution in [0.1, 0.15) is 50.8 Å². The summed E-state index contributed by atoms with van der Waals surface area (Å²) in [6.45, 7) is 5.81. The molecule has 1 unspecified atom stereocenters. The fraction of sp³-hybridized carbons (Fsp3) is 0.320. The number of carbonyl (C=O) groups is 2. The Kier molecular flexibility index (Phi) is 8.37. The maximum absolute atomic E-state index is 13.6. The van der Waals surface area contributed by atoms with Gasteiger partial charge in [0, 0.05) is 29.9 Å². The van der Waals surface area contributed by atoms with Crippen LogP contribution in [0.3, 0.4) is 0 Å². The molecule has 3 rings (SSSR count). The van der Waals surface area contributed by atoms with E-state index in [4.69, 9.17) is 9.84 Å². The summed E-state index contributed by atoms with van der Waals surface area (Å²) in [5.74, 6) is -0.915. The first-order chi connectivity index (χ1) is 16.3. The van der Waals surface area contributed by atoms with E-state index in [0.717, 1.165) is 5.69 Å². The maximum atomic E-state index is 13.6. The van der Waals surface area contributed by atoms with E-state index < -0.39 is 17.9 Å². The summed E-state index contributed by atoms with van der Waals surface area (Å²) in [6, 6.07) is 5.99. The highest BCUT2D eigenvalue weighted by Crippen LogP contribution is 2.33. The standard InChI is InChI=1S/C25H27FN4O4/c1-4-34-23(33)14-20(32)13-19(31)9-10-21-24(16(2)3)29-30(22-15-27-11-12-28-22)25(21)17-5-7-18(26)8-6-17/h5-12,15-16,19,31H,4,13-14H2,1-3H3/b10-9+. The van der Waals surface area contributed by atoms with E-state index in [9.17, 15) is 19.1 Å². The lowest BCUT2D eigenvalue weighted by molar-refractivity contribution is -0.145. The number of Topliss-reactive ketones (excluding diaryl/α,β-unsaturated/α-hetero) is 1. The van der Waals surface area contributed by atoms with E-state index in [1.807, 2.05) is 13.8 Å². The molecule has 3 aromatic rings. The number of nitrogens with zero attached hydrogens (tertiary/aromatic N) is 4. The number of aliphatic hydroxyl groups excluding tert-OH is 1. The molecule has 2 aromatic heterocycles. The number of ketones is 1. The van der Waals surface area contributed by atoms with Gasteiger partial charge in [-0.1, -0.05) is 26.0 Å². The molecule has 2 heterocycles. The number of esters is 1. The zero-order valence-electron chi connectivity index (χ0n) is 19.3. The molecule has 1 aromatic carbocycles. The molecule has 1 atom stereocenters. The third kappa shape index (κ3) is 6.20. The second kappa shape index (κ2) is 11.4. The van der Waals surface area contributed by atoms with Crippen LogP contribution in [0.15, 0.2) is 48.9 Å². The zero-order valence-corrected chi connectivity index (χ0v) is 19.3. The van der Waals surface area contributed by atoms with Crippen LogP contribution in [0.2, 0.25) is 0 Å². The molecule has 0 aliphatic carbocycles. The quantitative estimate of drug-likeness (QED) is 0.357. The first-order valence-electron chi connectivity index (χ1n) is 11.0. The average Bonchev–Trinajstić information content (AvgIpc) is 3.18. The van der Waals surface area contributed by atoms with Crippen LogP contribution in [0.5, 0.6) is 0 Å². The van der Waals surface area contributed by atoms with Crippen molar-refractivity contribution in [2.24, 2.45) is 0 Å². The Balaban J connectivity index is 2.00. The highest BCUT2D eigenvalue weighted by atomic mass is 19.1. The monoisotopic (exact) mass is 466 g/mol. The Bertz CT molecular complexity index is 1160. The number of rotatable bonds is 10. The number of halogens is 1. The molecule has 0 radical (unpaired) electrons. The van der Waals surface area contributed by atoms with E-state index in [1.165, 1.54) is 18.2 Å². The van der Waals surface area contributed by atoms with Crippen molar-refractivity contribution in [2.75, 3.05) is 6.61 Å². The Morgan fingerprint density at radius 3 is 2.56 bits per heavy atom. The van der Waals surface area contributed by atoms with E-state index in [0.29, 0.717) is 22.6 Å². The highest BCUT2D eigenvalue weighted by molar-refractivity contribution is 5.95. The van der Waals surface area contributed by atoms with Gasteiger partial charge < -0.3 is 9.84 Å². The van der Waals surface area contributed by atoms with Crippen LogP contribution in [0.25, 0.3) is 23.2 Å². The minimum absolute atomic E-state index is 0.0133. The van der Waals surface area contributed by atoms with Crippen molar-refractivity contribution in [3.63, 3.8) is 0 Å². The Morgan fingerprint density at radius 1 is 1.21 bits per heavy atom. The summed E-state index contributed by atoms with van der Waals surface area (Å²) in [6.07, 6.45) is 6.13. The van der Waals surface area contributed by atoms with Crippen LogP contribution < -0.4 is 0 Å². The number of benzene rings is 1. The van der Waals surface area contributed by atoms with Gasteiger partial charge in [0.2, 0.25) is 0 Å². The minimum Gasteiger partial charge on any atom is -0.466 e. The Hall–Kier alpha value is -3.72. The van der Waals surface area contributed by atoms with Crippen molar-refractivity contribution in [3.05, 3.63) is 66.0 Å². The van der Waals surface area contributed by atoms with Crippen LogP contribution in [-0.4, -0.2) is 49.3 Å². The van der Waals surface area contributed by atoms with Crippen molar-refractivity contribution >= 4 is 17.8 Å². The summed E-state index contributed by atoms with van der Waals surface area (Å²) in [5, 5.41) is 15.2. The number of hydrogen-bond donors (Lipinski definition) is 1. The van der Waals surface area contributed by atoms with Crippen molar-refractivity contribution < 1.29 is 23.8 Å². The molecule has 8 nitrogen and oxygen atoms in total. The van der Waals surface area contributed by atoms with Gasteiger partial charge in [-0.2, -0.15) is 5.10 Å². The van der Waals surface area contributed by atoms with Gasteiger partial charge >= 0.3 is 5.97 Å². The van der Waals surface area contributed by atoms with E-state index in [2.05, 4.69) is 9.97 Å². The molecular formula is C25H27FN4O4. The van der Waals surface area contributed by atoms with Gasteiger partial charge in [0.05, 0.1) is 30.3 Å². The van der Waals surface area contributed by atoms with Gasteiger partial charge in [-0.25, -0.2) is 14.1 Å². The lowest BCUT2D eigenvalue weighted by Gasteiger charge is -2.09. The fourth-order valence-electron chi connectivity index (χ4n) is 3.44. The highest BCUT2D eigenvalue weighted by Gasteiger charge is 2.22. The third-order valence-corrected chi connectivity index (χ3v) is 4.95. The van der Waals surface area contributed by atoms with Gasteiger partial charge in [0.1, 0.15) is 18.0 Å². The van der Waals surface area contributed by atoms with Crippen LogP contribution in [0.4, 0.5) is 4.39 Å². The summed E-state index contributed by atoms with van der Waals surface area (Å²) in [4.78, 5) is 32.0. The van der Waals surface area contributed by atoms with Gasteiger partial charge in [-0.15, -0.1) is 0 Å². The molecule has 1 N–H and O–H groups in total. The number of carbonyl (C=O) groups excluding carboxylic acids is 2. The zero-order chi connectivity index (χ0) is 24.7. The van der Waals surface area contributed by atoms with Crippen molar-refractivity contribution in [3.8, 4) is 17.1 Å². The molecule has 0 aliphatic heterocycles. The molecule has 0 bridgehead atoms. The van der Waals surface area contributed by atoms with Crippen molar-refractivity contribution in [1.82, 2.24) is 19.7 Å². The predicted octanol–water partition coefficient (Wildman–Crippen LogP) is 3.88. The molecule has 0 saturated heterocycles. The summed E-state index contributed by atoms with van der Waals surface area (Å²) >= 11 is 0. The predicted molar refractivity (Wildman–Crippen MR) is 125 cm³/mol. The number of aliphatic hydroxyl groups is 1. The molecule has 178 valence electrons. The fourth-order valence-corrected chi connectivity index (χ4v) is 3.44. The molecule has 0 saturated carbocycles. The largest absolute Gasteiger partial charge is 0.466 e. The number of aromatic nitrogens is 4. The summed E-state index contributed by atoms with van der Waals surface area (Å²) < 4.78 is 20.0. The molecule has 0 aliphatic rings. The van der Waals surface area contributed by atoms with E-state index >= 15 is 0 Å². The molecule has 0 fully saturated rings.